The van der Waals surface area contributed by atoms with Crippen LogP contribution >= 0.6 is 0 Å². The minimum atomic E-state index is -4.37. The number of hydrazine groups is 1. The quantitative estimate of drug-likeness (QED) is 0.317. The summed E-state index contributed by atoms with van der Waals surface area (Å²) in [5.41, 5.74) is 3.43. The van der Waals surface area contributed by atoms with Crippen LogP contribution in [0.2, 0.25) is 0 Å². The van der Waals surface area contributed by atoms with Gasteiger partial charge in [0, 0.05) is 0 Å². The largest absolute Gasteiger partial charge is 0.416 e. The second-order valence-corrected chi connectivity index (χ2v) is 2.96. The first kappa shape index (κ1) is 13.0. The number of hydrazone groups is 1. The van der Waals surface area contributed by atoms with E-state index in [9.17, 15) is 18.0 Å². The van der Waals surface area contributed by atoms with E-state index in [1.54, 1.807) is 5.43 Å². The molecular weight excluding hydrogens is 237 g/mol. The van der Waals surface area contributed by atoms with Gasteiger partial charge in [-0.3, -0.25) is 5.43 Å². The summed E-state index contributed by atoms with van der Waals surface area (Å²) in [5.74, 6) is 4.76. The lowest BCUT2D eigenvalue weighted by Crippen LogP contribution is -2.37. The third-order valence-corrected chi connectivity index (χ3v) is 1.75. The van der Waals surface area contributed by atoms with E-state index in [-0.39, 0.29) is 0 Å². The number of carbonyl (C=O) groups excluding carboxylic acids is 1. The Morgan fingerprint density at radius 1 is 1.29 bits per heavy atom. The van der Waals surface area contributed by atoms with Gasteiger partial charge in [-0.15, -0.1) is 0 Å². The molecule has 0 heterocycles. The Morgan fingerprint density at radius 2 is 1.88 bits per heavy atom. The van der Waals surface area contributed by atoms with Gasteiger partial charge in [0.1, 0.15) is 0 Å². The van der Waals surface area contributed by atoms with Crippen LogP contribution in [0.25, 0.3) is 0 Å². The van der Waals surface area contributed by atoms with Crippen molar-refractivity contribution in [2.24, 2.45) is 10.9 Å². The van der Waals surface area contributed by atoms with Crippen molar-refractivity contribution in [2.45, 2.75) is 6.18 Å². The average Bonchev–Trinajstić information content (AvgIpc) is 2.28. The molecule has 8 heteroatoms. The van der Waals surface area contributed by atoms with Gasteiger partial charge in [-0.25, -0.2) is 16.1 Å². The summed E-state index contributed by atoms with van der Waals surface area (Å²) < 4.78 is 36.6. The zero-order valence-electron chi connectivity index (χ0n) is 8.45. The molecule has 0 aliphatic carbocycles. The summed E-state index contributed by atoms with van der Waals surface area (Å²) in [6.45, 7) is 0. The van der Waals surface area contributed by atoms with E-state index in [0.717, 1.165) is 12.1 Å². The number of urea groups is 1. The summed E-state index contributed by atoms with van der Waals surface area (Å²) in [4.78, 5) is 10.6. The fourth-order valence-corrected chi connectivity index (χ4v) is 0.956. The fourth-order valence-electron chi connectivity index (χ4n) is 0.956. The molecule has 0 aliphatic rings. The Bertz CT molecular complexity index is 413. The SMILES string of the molecule is NNC(=O)N/N=C/c1ccc(C(F)(F)F)cc1. The van der Waals surface area contributed by atoms with Crippen LogP contribution in [0.4, 0.5) is 18.0 Å². The summed E-state index contributed by atoms with van der Waals surface area (Å²) in [6, 6.07) is 3.57. The Balaban J connectivity index is 2.66. The van der Waals surface area contributed by atoms with E-state index in [1.165, 1.54) is 18.3 Å². The molecule has 0 saturated carbocycles. The van der Waals surface area contributed by atoms with Crippen LogP contribution in [0.5, 0.6) is 0 Å². The third kappa shape index (κ3) is 4.11. The highest BCUT2D eigenvalue weighted by Gasteiger charge is 2.29. The van der Waals surface area contributed by atoms with E-state index in [0.29, 0.717) is 5.56 Å². The minimum Gasteiger partial charge on any atom is -0.274 e. The number of benzene rings is 1. The molecule has 92 valence electrons. The van der Waals surface area contributed by atoms with Gasteiger partial charge >= 0.3 is 12.2 Å². The maximum Gasteiger partial charge on any atom is 0.416 e. The van der Waals surface area contributed by atoms with Gasteiger partial charge in [-0.2, -0.15) is 18.3 Å². The predicted molar refractivity (Wildman–Crippen MR) is 54.9 cm³/mol. The molecule has 1 rings (SSSR count). The Kier molecular flexibility index (Phi) is 4.05. The van der Waals surface area contributed by atoms with Crippen LogP contribution in [0.1, 0.15) is 11.1 Å². The lowest BCUT2D eigenvalue weighted by atomic mass is 10.1. The molecule has 17 heavy (non-hydrogen) atoms. The lowest BCUT2D eigenvalue weighted by Gasteiger charge is -2.05. The first-order valence-corrected chi connectivity index (χ1v) is 4.40. The van der Waals surface area contributed by atoms with Crippen molar-refractivity contribution in [3.8, 4) is 0 Å². The molecule has 0 radical (unpaired) electrons. The van der Waals surface area contributed by atoms with E-state index >= 15 is 0 Å². The number of hydrogen-bond donors (Lipinski definition) is 3. The molecule has 2 amide bonds. The highest BCUT2D eigenvalue weighted by molar-refractivity contribution is 5.81. The summed E-state index contributed by atoms with van der Waals surface area (Å²) >= 11 is 0. The van der Waals surface area contributed by atoms with Crippen molar-refractivity contribution in [3.63, 3.8) is 0 Å². The van der Waals surface area contributed by atoms with Crippen LogP contribution in [0, 0.1) is 0 Å². The summed E-state index contributed by atoms with van der Waals surface area (Å²) in [6.07, 6.45) is -3.18. The molecule has 0 saturated heterocycles. The first-order valence-electron chi connectivity index (χ1n) is 4.40. The highest BCUT2D eigenvalue weighted by atomic mass is 19.4. The number of nitrogens with two attached hydrogens (primary N) is 1. The average molecular weight is 246 g/mol. The lowest BCUT2D eigenvalue weighted by molar-refractivity contribution is -0.137. The Hall–Kier alpha value is -2.09. The first-order chi connectivity index (χ1) is 7.93. The van der Waals surface area contributed by atoms with Gasteiger partial charge in [0.25, 0.3) is 0 Å². The standard InChI is InChI=1S/C9H9F3N4O/c10-9(11,12)7-3-1-6(2-4-7)5-14-16-8(17)15-13/h1-5H,13H2,(H2,15,16,17)/b14-5+. The van der Waals surface area contributed by atoms with Crippen LogP contribution in [-0.4, -0.2) is 12.2 Å². The molecule has 1 aromatic rings. The van der Waals surface area contributed by atoms with Gasteiger partial charge < -0.3 is 0 Å². The molecule has 0 atom stereocenters. The van der Waals surface area contributed by atoms with E-state index in [1.807, 2.05) is 5.43 Å². The van der Waals surface area contributed by atoms with Crippen LogP contribution in [0.15, 0.2) is 29.4 Å². The zero-order chi connectivity index (χ0) is 12.9. The number of rotatable bonds is 2. The monoisotopic (exact) mass is 246 g/mol. The van der Waals surface area contributed by atoms with Gasteiger partial charge in [-0.05, 0) is 17.7 Å². The maximum atomic E-state index is 12.2. The second-order valence-electron chi connectivity index (χ2n) is 2.96. The number of halogens is 3. The maximum absolute atomic E-state index is 12.2. The number of carbonyl (C=O) groups is 1. The van der Waals surface area contributed by atoms with Crippen molar-refractivity contribution in [2.75, 3.05) is 0 Å². The molecule has 0 spiro atoms. The highest BCUT2D eigenvalue weighted by Crippen LogP contribution is 2.28. The molecule has 5 nitrogen and oxygen atoms in total. The number of hydrogen-bond acceptors (Lipinski definition) is 3. The van der Waals surface area contributed by atoms with E-state index in [4.69, 9.17) is 5.84 Å². The summed E-state index contributed by atoms with van der Waals surface area (Å²) in [7, 11) is 0. The Morgan fingerprint density at radius 3 is 2.35 bits per heavy atom. The van der Waals surface area contributed by atoms with Crippen molar-refractivity contribution in [1.82, 2.24) is 10.9 Å². The molecule has 0 bridgehead atoms. The molecule has 0 aromatic heterocycles. The van der Waals surface area contributed by atoms with Crippen molar-refractivity contribution in [3.05, 3.63) is 35.4 Å². The van der Waals surface area contributed by atoms with Crippen LogP contribution in [0.3, 0.4) is 0 Å². The van der Waals surface area contributed by atoms with Gasteiger partial charge in [-0.1, -0.05) is 12.1 Å². The number of alkyl halides is 3. The van der Waals surface area contributed by atoms with Crippen molar-refractivity contribution < 1.29 is 18.0 Å². The predicted octanol–water partition coefficient (Wildman–Crippen LogP) is 1.21. The minimum absolute atomic E-state index is 0.412. The molecule has 0 unspecified atom stereocenters. The van der Waals surface area contributed by atoms with Gasteiger partial charge in [0.2, 0.25) is 0 Å². The normalized spacial score (nSPS) is 11.5. The van der Waals surface area contributed by atoms with Crippen LogP contribution < -0.4 is 16.7 Å². The Labute approximate surface area is 94.5 Å². The molecular formula is C9H9F3N4O. The smallest absolute Gasteiger partial charge is 0.274 e. The number of nitrogens with zero attached hydrogens (tertiary/aromatic N) is 1. The van der Waals surface area contributed by atoms with Crippen LogP contribution in [-0.2, 0) is 6.18 Å². The fraction of sp³-hybridized carbons (Fsp3) is 0.111. The molecule has 0 fully saturated rings. The zero-order valence-corrected chi connectivity index (χ0v) is 8.45. The third-order valence-electron chi connectivity index (χ3n) is 1.75. The van der Waals surface area contributed by atoms with E-state index < -0.39 is 17.8 Å². The second kappa shape index (κ2) is 5.30. The number of nitrogens with one attached hydrogen (secondary N) is 2. The topological polar surface area (TPSA) is 79.5 Å². The van der Waals surface area contributed by atoms with Crippen molar-refractivity contribution >= 4 is 12.2 Å². The molecule has 1 aromatic carbocycles. The molecule has 0 aliphatic heterocycles. The van der Waals surface area contributed by atoms with Gasteiger partial charge in [0.05, 0.1) is 11.8 Å². The van der Waals surface area contributed by atoms with E-state index in [2.05, 4.69) is 5.10 Å². The number of amides is 2. The van der Waals surface area contributed by atoms with Crippen molar-refractivity contribution in [1.29, 1.82) is 0 Å². The van der Waals surface area contributed by atoms with Gasteiger partial charge in [0.15, 0.2) is 0 Å². The molecule has 4 N–H and O–H groups in total. The summed E-state index contributed by atoms with van der Waals surface area (Å²) in [5, 5.41) is 3.46.